The molecule has 2 atom stereocenters. The highest BCUT2D eigenvalue weighted by Crippen LogP contribution is 2.29. The van der Waals surface area contributed by atoms with Gasteiger partial charge in [-0.2, -0.15) is 0 Å². The lowest BCUT2D eigenvalue weighted by Gasteiger charge is -2.16. The van der Waals surface area contributed by atoms with Crippen molar-refractivity contribution in [2.75, 3.05) is 0 Å². The van der Waals surface area contributed by atoms with Crippen LogP contribution >= 0.6 is 0 Å². The summed E-state index contributed by atoms with van der Waals surface area (Å²) in [6, 6.07) is 6.07. The molecule has 0 saturated carbocycles. The summed E-state index contributed by atoms with van der Waals surface area (Å²) >= 11 is 0. The first-order valence-corrected chi connectivity index (χ1v) is 6.09. The van der Waals surface area contributed by atoms with E-state index < -0.39 is 0 Å². The van der Waals surface area contributed by atoms with E-state index in [-0.39, 0.29) is 6.04 Å². The van der Waals surface area contributed by atoms with Gasteiger partial charge in [0.15, 0.2) is 0 Å². The standard InChI is InChI=1S/C14H23NO/c1-4-12(15)7-6-11(3)13-9-10(2)5-8-14(13)16/h5,8-9,11-12,16H,4,6-7,15H2,1-3H3. The number of phenolic OH excluding ortho intramolecular Hbond substituents is 1. The van der Waals surface area contributed by atoms with Gasteiger partial charge in [0.1, 0.15) is 5.75 Å². The van der Waals surface area contributed by atoms with Gasteiger partial charge in [-0.15, -0.1) is 0 Å². The molecule has 0 amide bonds. The van der Waals surface area contributed by atoms with Crippen LogP contribution in [0, 0.1) is 6.92 Å². The number of phenols is 1. The van der Waals surface area contributed by atoms with Crippen molar-refractivity contribution in [3.05, 3.63) is 29.3 Å². The maximum Gasteiger partial charge on any atom is 0.119 e. The summed E-state index contributed by atoms with van der Waals surface area (Å²) in [5.41, 5.74) is 8.14. The first kappa shape index (κ1) is 13.0. The van der Waals surface area contributed by atoms with Gasteiger partial charge in [0, 0.05) is 6.04 Å². The number of hydrogen-bond acceptors (Lipinski definition) is 2. The van der Waals surface area contributed by atoms with Crippen molar-refractivity contribution < 1.29 is 5.11 Å². The SMILES string of the molecule is CCC(N)CCC(C)c1cc(C)ccc1O. The highest BCUT2D eigenvalue weighted by molar-refractivity contribution is 5.37. The van der Waals surface area contributed by atoms with Gasteiger partial charge in [0.2, 0.25) is 0 Å². The Hall–Kier alpha value is -1.02. The number of nitrogens with two attached hydrogens (primary N) is 1. The molecule has 0 bridgehead atoms. The molecule has 2 unspecified atom stereocenters. The zero-order valence-corrected chi connectivity index (χ0v) is 10.5. The highest BCUT2D eigenvalue weighted by Gasteiger charge is 2.11. The van der Waals surface area contributed by atoms with Crippen molar-refractivity contribution in [2.45, 2.75) is 52.0 Å². The minimum Gasteiger partial charge on any atom is -0.508 e. The van der Waals surface area contributed by atoms with Crippen LogP contribution in [0.5, 0.6) is 5.75 Å². The van der Waals surface area contributed by atoms with E-state index in [1.54, 1.807) is 6.07 Å². The smallest absolute Gasteiger partial charge is 0.119 e. The average molecular weight is 221 g/mol. The second-order valence-electron chi connectivity index (χ2n) is 4.71. The van der Waals surface area contributed by atoms with E-state index in [4.69, 9.17) is 5.73 Å². The fourth-order valence-electron chi connectivity index (χ4n) is 1.89. The van der Waals surface area contributed by atoms with E-state index in [0.717, 1.165) is 24.8 Å². The molecule has 0 aromatic heterocycles. The Labute approximate surface area is 98.5 Å². The van der Waals surface area contributed by atoms with Crippen LogP contribution in [0.25, 0.3) is 0 Å². The predicted octanol–water partition coefficient (Wildman–Crippen LogP) is 3.32. The molecule has 1 aromatic carbocycles. The topological polar surface area (TPSA) is 46.2 Å². The zero-order valence-electron chi connectivity index (χ0n) is 10.5. The van der Waals surface area contributed by atoms with Crippen LogP contribution in [0.15, 0.2) is 18.2 Å². The van der Waals surface area contributed by atoms with E-state index in [0.29, 0.717) is 11.7 Å². The molecule has 16 heavy (non-hydrogen) atoms. The lowest BCUT2D eigenvalue weighted by molar-refractivity contribution is 0.454. The molecule has 0 aliphatic carbocycles. The second-order valence-corrected chi connectivity index (χ2v) is 4.71. The minimum absolute atomic E-state index is 0.286. The maximum atomic E-state index is 9.80. The van der Waals surface area contributed by atoms with Crippen molar-refractivity contribution >= 4 is 0 Å². The van der Waals surface area contributed by atoms with Crippen LogP contribution in [0.2, 0.25) is 0 Å². The fourth-order valence-corrected chi connectivity index (χ4v) is 1.89. The number of rotatable bonds is 5. The van der Waals surface area contributed by atoms with Gasteiger partial charge >= 0.3 is 0 Å². The first-order chi connectivity index (χ1) is 7.54. The Morgan fingerprint density at radius 3 is 2.62 bits per heavy atom. The molecule has 0 radical (unpaired) electrons. The molecule has 0 saturated heterocycles. The summed E-state index contributed by atoms with van der Waals surface area (Å²) in [6.45, 7) is 6.31. The largest absolute Gasteiger partial charge is 0.508 e. The van der Waals surface area contributed by atoms with Gasteiger partial charge in [-0.05, 0) is 43.7 Å². The van der Waals surface area contributed by atoms with E-state index >= 15 is 0 Å². The van der Waals surface area contributed by atoms with Crippen LogP contribution in [0.4, 0.5) is 0 Å². The zero-order chi connectivity index (χ0) is 12.1. The van der Waals surface area contributed by atoms with Crippen molar-refractivity contribution in [1.29, 1.82) is 0 Å². The normalized spacial score (nSPS) is 14.8. The van der Waals surface area contributed by atoms with Gasteiger partial charge in [-0.3, -0.25) is 0 Å². The van der Waals surface area contributed by atoms with E-state index in [9.17, 15) is 5.11 Å². The lowest BCUT2D eigenvalue weighted by Crippen LogP contribution is -2.18. The highest BCUT2D eigenvalue weighted by atomic mass is 16.3. The first-order valence-electron chi connectivity index (χ1n) is 6.09. The summed E-state index contributed by atoms with van der Waals surface area (Å²) in [5, 5.41) is 9.80. The number of benzene rings is 1. The summed E-state index contributed by atoms with van der Waals surface area (Å²) in [5.74, 6) is 0.778. The van der Waals surface area contributed by atoms with E-state index in [2.05, 4.69) is 19.9 Å². The molecule has 3 N–H and O–H groups in total. The van der Waals surface area contributed by atoms with Crippen molar-refractivity contribution in [3.8, 4) is 5.75 Å². The molecule has 0 fully saturated rings. The Bertz CT molecular complexity index is 336. The summed E-state index contributed by atoms with van der Waals surface area (Å²) in [6.07, 6.45) is 3.07. The number of hydrogen-bond donors (Lipinski definition) is 2. The van der Waals surface area contributed by atoms with Crippen LogP contribution in [-0.4, -0.2) is 11.1 Å². The molecule has 0 aliphatic heterocycles. The molecule has 90 valence electrons. The predicted molar refractivity (Wildman–Crippen MR) is 68.8 cm³/mol. The third-order valence-corrected chi connectivity index (χ3v) is 3.21. The number of aryl methyl sites for hydroxylation is 1. The molecule has 1 aromatic rings. The van der Waals surface area contributed by atoms with Crippen molar-refractivity contribution in [2.24, 2.45) is 5.73 Å². The van der Waals surface area contributed by atoms with Gasteiger partial charge in [0.25, 0.3) is 0 Å². The summed E-state index contributed by atoms with van der Waals surface area (Å²) in [4.78, 5) is 0. The number of aromatic hydroxyl groups is 1. The van der Waals surface area contributed by atoms with Crippen LogP contribution in [-0.2, 0) is 0 Å². The lowest BCUT2D eigenvalue weighted by atomic mass is 9.92. The molecule has 1 rings (SSSR count). The molecule has 2 nitrogen and oxygen atoms in total. The second kappa shape index (κ2) is 5.90. The fraction of sp³-hybridized carbons (Fsp3) is 0.571. The molecule has 2 heteroatoms. The summed E-state index contributed by atoms with van der Waals surface area (Å²) in [7, 11) is 0. The van der Waals surface area contributed by atoms with E-state index in [1.165, 1.54) is 5.56 Å². The Balaban J connectivity index is 2.65. The third kappa shape index (κ3) is 3.53. The Morgan fingerprint density at radius 2 is 2.00 bits per heavy atom. The monoisotopic (exact) mass is 221 g/mol. The third-order valence-electron chi connectivity index (χ3n) is 3.21. The molecule has 0 heterocycles. The Kier molecular flexibility index (Phi) is 4.81. The minimum atomic E-state index is 0.286. The van der Waals surface area contributed by atoms with E-state index in [1.807, 2.05) is 13.0 Å². The Morgan fingerprint density at radius 1 is 1.31 bits per heavy atom. The molecular weight excluding hydrogens is 198 g/mol. The van der Waals surface area contributed by atoms with Crippen molar-refractivity contribution in [1.82, 2.24) is 0 Å². The van der Waals surface area contributed by atoms with Gasteiger partial charge in [-0.1, -0.05) is 31.5 Å². The van der Waals surface area contributed by atoms with Crippen molar-refractivity contribution in [3.63, 3.8) is 0 Å². The van der Waals surface area contributed by atoms with Gasteiger partial charge in [0.05, 0.1) is 0 Å². The van der Waals surface area contributed by atoms with Crippen LogP contribution in [0.1, 0.15) is 50.2 Å². The molecular formula is C14H23NO. The average Bonchev–Trinajstić information content (AvgIpc) is 2.28. The van der Waals surface area contributed by atoms with Gasteiger partial charge in [-0.25, -0.2) is 0 Å². The quantitative estimate of drug-likeness (QED) is 0.801. The molecule has 0 spiro atoms. The summed E-state index contributed by atoms with van der Waals surface area (Å²) < 4.78 is 0. The van der Waals surface area contributed by atoms with Crippen LogP contribution in [0.3, 0.4) is 0 Å². The molecule has 0 aliphatic rings. The maximum absolute atomic E-state index is 9.80. The van der Waals surface area contributed by atoms with Gasteiger partial charge < -0.3 is 10.8 Å². The van der Waals surface area contributed by atoms with Crippen LogP contribution < -0.4 is 5.73 Å².